The van der Waals surface area contributed by atoms with E-state index in [0.717, 1.165) is 12.8 Å². The molecule has 0 aromatic carbocycles. The molecule has 0 aromatic heterocycles. The van der Waals surface area contributed by atoms with Crippen LogP contribution in [0.15, 0.2) is 0 Å². The van der Waals surface area contributed by atoms with Gasteiger partial charge >= 0.3 is 5.97 Å². The Kier molecular flexibility index (Phi) is 3.96. The van der Waals surface area contributed by atoms with Crippen LogP contribution < -0.4 is 0 Å². The molecule has 2 heterocycles. The normalized spacial score (nSPS) is 29.3. The van der Waals surface area contributed by atoms with Crippen molar-refractivity contribution >= 4 is 11.9 Å². The fourth-order valence-corrected chi connectivity index (χ4v) is 2.27. The van der Waals surface area contributed by atoms with E-state index in [1.54, 1.807) is 4.90 Å². The Labute approximate surface area is 99.5 Å². The first kappa shape index (κ1) is 12.3. The van der Waals surface area contributed by atoms with Gasteiger partial charge in [0.25, 0.3) is 5.91 Å². The fraction of sp³-hybridized carbons (Fsp3) is 0.818. The lowest BCUT2D eigenvalue weighted by molar-refractivity contribution is -0.153. The highest BCUT2D eigenvalue weighted by Crippen LogP contribution is 2.19. The Bertz CT molecular complexity index is 300. The van der Waals surface area contributed by atoms with Gasteiger partial charge in [-0.15, -0.1) is 0 Å². The summed E-state index contributed by atoms with van der Waals surface area (Å²) in [4.78, 5) is 24.5. The van der Waals surface area contributed by atoms with Gasteiger partial charge in [0.15, 0.2) is 0 Å². The smallest absolute Gasteiger partial charge is 0.305 e. The lowest BCUT2D eigenvalue weighted by atomic mass is 10.1. The fourth-order valence-electron chi connectivity index (χ4n) is 2.27. The van der Waals surface area contributed by atoms with Gasteiger partial charge in [-0.2, -0.15) is 0 Å². The maximum absolute atomic E-state index is 12.1. The standard InChI is InChI=1S/C11H17NO5/c13-10(14)6-8-7-16-5-3-12(8)11(15)9-2-1-4-17-9/h8-9H,1-7H2,(H,13,14)/t8?,9-/m0/s1. The summed E-state index contributed by atoms with van der Waals surface area (Å²) in [5, 5.41) is 8.81. The number of rotatable bonds is 3. The third-order valence-corrected chi connectivity index (χ3v) is 3.13. The highest BCUT2D eigenvalue weighted by atomic mass is 16.5. The van der Waals surface area contributed by atoms with Gasteiger partial charge in [-0.1, -0.05) is 0 Å². The molecule has 2 saturated heterocycles. The Balaban J connectivity index is 1.99. The van der Waals surface area contributed by atoms with Crippen molar-refractivity contribution in [1.29, 1.82) is 0 Å². The van der Waals surface area contributed by atoms with Crippen molar-refractivity contribution in [3.05, 3.63) is 0 Å². The van der Waals surface area contributed by atoms with Crippen LogP contribution in [0.2, 0.25) is 0 Å². The number of carbonyl (C=O) groups excluding carboxylic acids is 1. The first-order valence-electron chi connectivity index (χ1n) is 5.90. The number of nitrogens with zero attached hydrogens (tertiary/aromatic N) is 1. The Morgan fingerprint density at radius 1 is 1.35 bits per heavy atom. The van der Waals surface area contributed by atoms with Crippen molar-refractivity contribution in [1.82, 2.24) is 4.90 Å². The summed E-state index contributed by atoms with van der Waals surface area (Å²) >= 11 is 0. The molecule has 0 spiro atoms. The number of ether oxygens (including phenoxy) is 2. The minimum absolute atomic E-state index is 0.0710. The molecule has 2 fully saturated rings. The SMILES string of the molecule is O=C(O)CC1COCCN1C(=O)[C@@H]1CCCO1. The monoisotopic (exact) mass is 243 g/mol. The quantitative estimate of drug-likeness (QED) is 0.747. The van der Waals surface area contributed by atoms with Crippen LogP contribution in [-0.4, -0.2) is 60.4 Å². The molecule has 96 valence electrons. The summed E-state index contributed by atoms with van der Waals surface area (Å²) in [5.74, 6) is -0.998. The number of aliphatic carboxylic acids is 1. The van der Waals surface area contributed by atoms with E-state index >= 15 is 0 Å². The summed E-state index contributed by atoms with van der Waals surface area (Å²) < 4.78 is 10.6. The lowest BCUT2D eigenvalue weighted by Crippen LogP contribution is -2.52. The molecule has 0 bridgehead atoms. The van der Waals surface area contributed by atoms with Crippen LogP contribution in [0.3, 0.4) is 0 Å². The lowest BCUT2D eigenvalue weighted by Gasteiger charge is -2.36. The summed E-state index contributed by atoms with van der Waals surface area (Å²) in [6.07, 6.45) is 1.17. The second-order valence-corrected chi connectivity index (χ2v) is 4.36. The van der Waals surface area contributed by atoms with E-state index in [2.05, 4.69) is 0 Å². The summed E-state index contributed by atoms with van der Waals surface area (Å²) in [6.45, 7) is 1.83. The molecular weight excluding hydrogens is 226 g/mol. The predicted molar refractivity (Wildman–Crippen MR) is 57.5 cm³/mol. The highest BCUT2D eigenvalue weighted by molar-refractivity contribution is 5.82. The van der Waals surface area contributed by atoms with Gasteiger partial charge in [0, 0.05) is 13.2 Å². The third kappa shape index (κ3) is 2.95. The Morgan fingerprint density at radius 3 is 2.82 bits per heavy atom. The van der Waals surface area contributed by atoms with Gasteiger partial charge in [-0.3, -0.25) is 9.59 Å². The molecule has 1 N–H and O–H groups in total. The molecule has 0 radical (unpaired) electrons. The Morgan fingerprint density at radius 2 is 2.18 bits per heavy atom. The average molecular weight is 243 g/mol. The average Bonchev–Trinajstić information content (AvgIpc) is 2.81. The van der Waals surface area contributed by atoms with E-state index in [0.29, 0.717) is 26.4 Å². The molecule has 2 rings (SSSR count). The minimum Gasteiger partial charge on any atom is -0.481 e. The molecule has 0 aromatic rings. The van der Waals surface area contributed by atoms with Crippen molar-refractivity contribution in [2.75, 3.05) is 26.4 Å². The van der Waals surface area contributed by atoms with Gasteiger partial charge in [-0.05, 0) is 12.8 Å². The van der Waals surface area contributed by atoms with E-state index in [1.165, 1.54) is 0 Å². The molecule has 6 nitrogen and oxygen atoms in total. The maximum Gasteiger partial charge on any atom is 0.305 e. The molecule has 2 atom stereocenters. The van der Waals surface area contributed by atoms with Crippen LogP contribution >= 0.6 is 0 Å². The van der Waals surface area contributed by atoms with E-state index < -0.39 is 5.97 Å². The van der Waals surface area contributed by atoms with Crippen LogP contribution in [0, 0.1) is 0 Å². The van der Waals surface area contributed by atoms with Crippen LogP contribution in [0.25, 0.3) is 0 Å². The van der Waals surface area contributed by atoms with E-state index in [4.69, 9.17) is 14.6 Å². The van der Waals surface area contributed by atoms with Crippen LogP contribution in [0.4, 0.5) is 0 Å². The first-order chi connectivity index (χ1) is 8.18. The molecule has 17 heavy (non-hydrogen) atoms. The zero-order valence-corrected chi connectivity index (χ0v) is 9.63. The van der Waals surface area contributed by atoms with Crippen molar-refractivity contribution in [3.63, 3.8) is 0 Å². The van der Waals surface area contributed by atoms with Crippen molar-refractivity contribution in [2.45, 2.75) is 31.4 Å². The molecule has 6 heteroatoms. The number of carboxylic acids is 1. The van der Waals surface area contributed by atoms with Crippen LogP contribution in [0.5, 0.6) is 0 Å². The van der Waals surface area contributed by atoms with Gasteiger partial charge in [0.05, 0.1) is 25.7 Å². The van der Waals surface area contributed by atoms with E-state index in [1.807, 2.05) is 0 Å². The number of morpholine rings is 1. The van der Waals surface area contributed by atoms with Crippen LogP contribution in [0.1, 0.15) is 19.3 Å². The number of carboxylic acid groups (broad SMARTS) is 1. The van der Waals surface area contributed by atoms with E-state index in [9.17, 15) is 9.59 Å². The largest absolute Gasteiger partial charge is 0.481 e. The summed E-state index contributed by atoms with van der Waals surface area (Å²) in [7, 11) is 0. The number of hydrogen-bond donors (Lipinski definition) is 1. The second kappa shape index (κ2) is 5.46. The molecule has 1 amide bonds. The van der Waals surface area contributed by atoms with Crippen LogP contribution in [-0.2, 0) is 19.1 Å². The van der Waals surface area contributed by atoms with Crippen molar-refractivity contribution in [2.24, 2.45) is 0 Å². The molecule has 2 aliphatic rings. The van der Waals surface area contributed by atoms with Gasteiger partial charge in [0.1, 0.15) is 6.10 Å². The Hall–Kier alpha value is -1.14. The van der Waals surface area contributed by atoms with Gasteiger partial charge < -0.3 is 19.5 Å². The highest BCUT2D eigenvalue weighted by Gasteiger charge is 2.34. The summed E-state index contributed by atoms with van der Waals surface area (Å²) in [6, 6.07) is -0.363. The third-order valence-electron chi connectivity index (χ3n) is 3.13. The van der Waals surface area contributed by atoms with Gasteiger partial charge in [-0.25, -0.2) is 0 Å². The summed E-state index contributed by atoms with van der Waals surface area (Å²) in [5.41, 5.74) is 0. The van der Waals surface area contributed by atoms with Gasteiger partial charge in [0.2, 0.25) is 0 Å². The molecular formula is C11H17NO5. The molecule has 0 aliphatic carbocycles. The predicted octanol–water partition coefficient (Wildman–Crippen LogP) is -0.133. The van der Waals surface area contributed by atoms with E-state index in [-0.39, 0.29) is 24.5 Å². The van der Waals surface area contributed by atoms with Crippen molar-refractivity contribution < 1.29 is 24.2 Å². The number of amides is 1. The molecule has 1 unspecified atom stereocenters. The number of hydrogen-bond acceptors (Lipinski definition) is 4. The molecule has 2 aliphatic heterocycles. The van der Waals surface area contributed by atoms with Crippen molar-refractivity contribution in [3.8, 4) is 0 Å². The zero-order valence-electron chi connectivity index (χ0n) is 9.63. The maximum atomic E-state index is 12.1. The topological polar surface area (TPSA) is 76.1 Å². The second-order valence-electron chi connectivity index (χ2n) is 4.36. The minimum atomic E-state index is -0.911. The molecule has 0 saturated carbocycles. The zero-order chi connectivity index (χ0) is 12.3. The first-order valence-corrected chi connectivity index (χ1v) is 5.90. The number of carbonyl (C=O) groups is 2.